The molecule has 0 aromatic carbocycles. The fourth-order valence-electron chi connectivity index (χ4n) is 0.790. The van der Waals surface area contributed by atoms with Gasteiger partial charge in [-0.15, -0.1) is 12.4 Å². The van der Waals surface area contributed by atoms with Gasteiger partial charge in [0.25, 0.3) is 0 Å². The van der Waals surface area contributed by atoms with E-state index in [1.165, 1.54) is 0 Å². The van der Waals surface area contributed by atoms with Crippen LogP contribution in [-0.2, 0) is 0 Å². The summed E-state index contributed by atoms with van der Waals surface area (Å²) in [6.07, 6.45) is 0.944. The van der Waals surface area contributed by atoms with E-state index in [1.54, 1.807) is 0 Å². The Bertz CT molecular complexity index is 92.4. The molecule has 1 aliphatic heterocycles. The number of hydrogen-bond acceptors (Lipinski definition) is 1. The maximum absolute atomic E-state index is 7.07. The summed E-state index contributed by atoms with van der Waals surface area (Å²) in [5, 5.41) is 10.0. The second-order valence-corrected chi connectivity index (χ2v) is 2.17. The van der Waals surface area contributed by atoms with E-state index in [0.29, 0.717) is 11.8 Å². The largest absolute Gasteiger partial charge is 0.374 e. The van der Waals surface area contributed by atoms with Gasteiger partial charge >= 0.3 is 0 Å². The summed E-state index contributed by atoms with van der Waals surface area (Å²) in [6.45, 7) is 3.15. The summed E-state index contributed by atoms with van der Waals surface area (Å²) in [4.78, 5) is 0. The van der Waals surface area contributed by atoms with Gasteiger partial charge in [-0.05, 0) is 5.92 Å². The van der Waals surface area contributed by atoms with Crippen LogP contribution in [0.5, 0.6) is 0 Å². The Morgan fingerprint density at radius 3 is 2.50 bits per heavy atom. The molecule has 48 valence electrons. The van der Waals surface area contributed by atoms with Crippen molar-refractivity contribution < 1.29 is 0 Å². The predicted octanol–water partition coefficient (Wildman–Crippen LogP) is 1.01. The highest BCUT2D eigenvalue weighted by molar-refractivity contribution is 5.85. The summed E-state index contributed by atoms with van der Waals surface area (Å²) in [5.74, 6) is 1.39. The van der Waals surface area contributed by atoms with Gasteiger partial charge in [0.1, 0.15) is 0 Å². The minimum absolute atomic E-state index is 0. The van der Waals surface area contributed by atoms with Crippen LogP contribution in [0, 0.1) is 11.3 Å². The van der Waals surface area contributed by atoms with E-state index in [-0.39, 0.29) is 12.4 Å². The van der Waals surface area contributed by atoms with Crippen LogP contribution in [0.1, 0.15) is 13.3 Å². The highest BCUT2D eigenvalue weighted by atomic mass is 35.5. The molecule has 0 saturated carbocycles. The summed E-state index contributed by atoms with van der Waals surface area (Å²) in [6, 6.07) is 0. The van der Waals surface area contributed by atoms with Crippen LogP contribution in [0.15, 0.2) is 0 Å². The van der Waals surface area contributed by atoms with Crippen LogP contribution in [0.4, 0.5) is 0 Å². The van der Waals surface area contributed by atoms with Gasteiger partial charge in [-0.3, -0.25) is 5.41 Å². The lowest BCUT2D eigenvalue weighted by Crippen LogP contribution is -2.12. The van der Waals surface area contributed by atoms with Crippen molar-refractivity contribution in [3.63, 3.8) is 0 Å². The zero-order chi connectivity index (χ0) is 5.28. The molecule has 0 spiro atoms. The lowest BCUT2D eigenvalue weighted by molar-refractivity contribution is 0.655. The van der Waals surface area contributed by atoms with E-state index in [1.807, 2.05) is 0 Å². The van der Waals surface area contributed by atoms with Crippen LogP contribution < -0.4 is 5.32 Å². The van der Waals surface area contributed by atoms with E-state index < -0.39 is 0 Å². The number of nitrogens with one attached hydrogen (secondary N) is 2. The Kier molecular flexibility index (Phi) is 2.84. The van der Waals surface area contributed by atoms with Crippen molar-refractivity contribution in [2.45, 2.75) is 13.3 Å². The normalized spacial score (nSPS) is 26.6. The molecular weight excluding hydrogens is 124 g/mol. The van der Waals surface area contributed by atoms with E-state index in [9.17, 15) is 0 Å². The molecule has 0 aromatic rings. The molecule has 0 bridgehead atoms. The molecule has 1 unspecified atom stereocenters. The van der Waals surface area contributed by atoms with Crippen molar-refractivity contribution in [3.05, 3.63) is 0 Å². The number of hydrogen-bond donors (Lipinski definition) is 2. The van der Waals surface area contributed by atoms with Gasteiger partial charge in [-0.2, -0.15) is 0 Å². The van der Waals surface area contributed by atoms with Gasteiger partial charge in [-0.25, -0.2) is 0 Å². The van der Waals surface area contributed by atoms with E-state index >= 15 is 0 Å². The van der Waals surface area contributed by atoms with Gasteiger partial charge < -0.3 is 5.32 Å². The Morgan fingerprint density at radius 1 is 1.75 bits per heavy atom. The van der Waals surface area contributed by atoms with Crippen LogP contribution in [-0.4, -0.2) is 12.4 Å². The fraction of sp³-hybridized carbons (Fsp3) is 0.800. The predicted molar refractivity (Wildman–Crippen MR) is 36.8 cm³/mol. The molecule has 1 fully saturated rings. The maximum atomic E-state index is 7.07. The van der Waals surface area contributed by atoms with Crippen molar-refractivity contribution >= 4 is 18.2 Å². The molecule has 0 aliphatic carbocycles. The SMILES string of the molecule is CC1CNC(=N)C1.Cl. The Hall–Kier alpha value is -0.240. The summed E-state index contributed by atoms with van der Waals surface area (Å²) >= 11 is 0. The first kappa shape index (κ1) is 7.76. The Morgan fingerprint density at radius 2 is 2.38 bits per heavy atom. The monoisotopic (exact) mass is 134 g/mol. The topological polar surface area (TPSA) is 35.9 Å². The lowest BCUT2D eigenvalue weighted by atomic mass is 10.2. The molecule has 1 rings (SSSR count). The second kappa shape index (κ2) is 2.92. The lowest BCUT2D eigenvalue weighted by Gasteiger charge is -1.89. The van der Waals surface area contributed by atoms with Gasteiger partial charge in [0.2, 0.25) is 0 Å². The number of halogens is 1. The average molecular weight is 135 g/mol. The molecule has 1 aliphatic rings. The van der Waals surface area contributed by atoms with Gasteiger partial charge in [0.05, 0.1) is 5.84 Å². The molecule has 0 radical (unpaired) electrons. The van der Waals surface area contributed by atoms with E-state index in [4.69, 9.17) is 5.41 Å². The Labute approximate surface area is 55.6 Å². The van der Waals surface area contributed by atoms with Crippen molar-refractivity contribution in [2.24, 2.45) is 5.92 Å². The zero-order valence-corrected chi connectivity index (χ0v) is 5.72. The quantitative estimate of drug-likeness (QED) is 0.510. The van der Waals surface area contributed by atoms with Crippen LogP contribution >= 0.6 is 12.4 Å². The van der Waals surface area contributed by atoms with E-state index in [2.05, 4.69) is 12.2 Å². The van der Waals surface area contributed by atoms with Crippen molar-refractivity contribution in [1.82, 2.24) is 5.32 Å². The smallest absolute Gasteiger partial charge is 0.0934 e. The van der Waals surface area contributed by atoms with Crippen molar-refractivity contribution in [2.75, 3.05) is 6.54 Å². The van der Waals surface area contributed by atoms with Crippen LogP contribution in [0.3, 0.4) is 0 Å². The first-order valence-electron chi connectivity index (χ1n) is 2.60. The van der Waals surface area contributed by atoms with Gasteiger partial charge in [-0.1, -0.05) is 6.92 Å². The highest BCUT2D eigenvalue weighted by Crippen LogP contribution is 2.05. The van der Waals surface area contributed by atoms with Crippen LogP contribution in [0.25, 0.3) is 0 Å². The molecular formula is C5H11ClN2. The zero-order valence-electron chi connectivity index (χ0n) is 4.90. The molecule has 3 heteroatoms. The summed E-state index contributed by atoms with van der Waals surface area (Å²) in [5.41, 5.74) is 0. The van der Waals surface area contributed by atoms with E-state index in [0.717, 1.165) is 13.0 Å². The highest BCUT2D eigenvalue weighted by Gasteiger charge is 2.12. The van der Waals surface area contributed by atoms with Gasteiger partial charge in [0, 0.05) is 13.0 Å². The number of amidine groups is 1. The van der Waals surface area contributed by atoms with Gasteiger partial charge in [0.15, 0.2) is 0 Å². The fourth-order valence-corrected chi connectivity index (χ4v) is 0.790. The standard InChI is InChI=1S/C5H10N2.ClH/c1-4-2-5(6)7-3-4;/h4H,2-3H2,1H3,(H2,6,7);1H. The molecule has 2 nitrogen and oxygen atoms in total. The molecule has 1 atom stereocenters. The number of rotatable bonds is 0. The first-order valence-corrected chi connectivity index (χ1v) is 2.60. The van der Waals surface area contributed by atoms with Crippen LogP contribution in [0.2, 0.25) is 0 Å². The molecule has 1 heterocycles. The molecule has 0 aromatic heterocycles. The molecule has 1 saturated heterocycles. The second-order valence-electron chi connectivity index (χ2n) is 2.17. The minimum atomic E-state index is 0. The van der Waals surface area contributed by atoms with Crippen molar-refractivity contribution in [1.29, 1.82) is 5.41 Å². The van der Waals surface area contributed by atoms with Crippen molar-refractivity contribution in [3.8, 4) is 0 Å². The molecule has 0 amide bonds. The molecule has 8 heavy (non-hydrogen) atoms. The minimum Gasteiger partial charge on any atom is -0.374 e. The average Bonchev–Trinajstić information content (AvgIpc) is 1.87. The third-order valence-electron chi connectivity index (χ3n) is 1.22. The summed E-state index contributed by atoms with van der Waals surface area (Å²) < 4.78 is 0. The third kappa shape index (κ3) is 1.70. The molecule has 2 N–H and O–H groups in total. The third-order valence-corrected chi connectivity index (χ3v) is 1.22. The Balaban J connectivity index is 0.000000490. The first-order chi connectivity index (χ1) is 3.29. The maximum Gasteiger partial charge on any atom is 0.0934 e. The summed E-state index contributed by atoms with van der Waals surface area (Å²) in [7, 11) is 0.